The van der Waals surface area contributed by atoms with Crippen molar-refractivity contribution in [3.63, 3.8) is 0 Å². The highest BCUT2D eigenvalue weighted by atomic mass is 32.1. The third kappa shape index (κ3) is 2.63. The SMILES string of the molecule is CCC(=O)N1CCc2nc(NC(=O)C3CC3)sc2C1. The fraction of sp³-hybridized carbons (Fsp3) is 0.615. The van der Waals surface area contributed by atoms with Gasteiger partial charge in [-0.25, -0.2) is 4.98 Å². The maximum atomic E-state index is 11.7. The number of carbonyl (C=O) groups excluding carboxylic acids is 2. The molecule has 0 spiro atoms. The van der Waals surface area contributed by atoms with Crippen molar-refractivity contribution in [2.45, 2.75) is 39.2 Å². The molecule has 1 saturated carbocycles. The molecule has 1 aromatic rings. The lowest BCUT2D eigenvalue weighted by molar-refractivity contribution is -0.131. The molecule has 2 aliphatic rings. The summed E-state index contributed by atoms with van der Waals surface area (Å²) in [6.07, 6.45) is 3.32. The van der Waals surface area contributed by atoms with Gasteiger partial charge in [-0.05, 0) is 12.8 Å². The van der Waals surface area contributed by atoms with E-state index >= 15 is 0 Å². The first kappa shape index (κ1) is 12.6. The summed E-state index contributed by atoms with van der Waals surface area (Å²) in [4.78, 5) is 30.8. The standard InChI is InChI=1S/C13H17N3O2S/c1-2-11(17)16-6-5-9-10(7-16)19-13(14-9)15-12(18)8-3-4-8/h8H,2-7H2,1H3,(H,14,15,18). The van der Waals surface area contributed by atoms with Gasteiger partial charge in [0.15, 0.2) is 5.13 Å². The van der Waals surface area contributed by atoms with Crippen molar-refractivity contribution < 1.29 is 9.59 Å². The van der Waals surface area contributed by atoms with Crippen molar-refractivity contribution in [1.82, 2.24) is 9.88 Å². The Labute approximate surface area is 116 Å². The second-order valence-electron chi connectivity index (χ2n) is 5.07. The molecule has 1 fully saturated rings. The van der Waals surface area contributed by atoms with Gasteiger partial charge in [0.1, 0.15) is 0 Å². The smallest absolute Gasteiger partial charge is 0.229 e. The summed E-state index contributed by atoms with van der Waals surface area (Å²) in [6.45, 7) is 3.25. The number of nitrogens with one attached hydrogen (secondary N) is 1. The zero-order valence-electron chi connectivity index (χ0n) is 10.9. The van der Waals surface area contributed by atoms with Gasteiger partial charge in [-0.3, -0.25) is 9.59 Å². The van der Waals surface area contributed by atoms with Crippen LogP contribution >= 0.6 is 11.3 Å². The topological polar surface area (TPSA) is 62.3 Å². The van der Waals surface area contributed by atoms with Crippen molar-refractivity contribution >= 4 is 28.3 Å². The number of anilines is 1. The van der Waals surface area contributed by atoms with Crippen LogP contribution < -0.4 is 5.32 Å². The molecule has 1 aliphatic heterocycles. The lowest BCUT2D eigenvalue weighted by atomic mass is 10.1. The molecule has 2 amide bonds. The summed E-state index contributed by atoms with van der Waals surface area (Å²) in [5, 5.41) is 3.57. The number of hydrogen-bond donors (Lipinski definition) is 1. The highest BCUT2D eigenvalue weighted by Crippen LogP contribution is 2.32. The minimum absolute atomic E-state index is 0.0904. The maximum absolute atomic E-state index is 11.7. The number of amides is 2. The monoisotopic (exact) mass is 279 g/mol. The third-order valence-corrected chi connectivity index (χ3v) is 4.56. The Kier molecular flexibility index (Phi) is 3.26. The van der Waals surface area contributed by atoms with Gasteiger partial charge in [0.25, 0.3) is 0 Å². The molecular weight excluding hydrogens is 262 g/mol. The Morgan fingerprint density at radius 3 is 2.95 bits per heavy atom. The quantitative estimate of drug-likeness (QED) is 0.917. The first-order chi connectivity index (χ1) is 9.17. The molecule has 0 atom stereocenters. The second kappa shape index (κ2) is 4.92. The molecule has 19 heavy (non-hydrogen) atoms. The Balaban J connectivity index is 1.69. The Morgan fingerprint density at radius 1 is 1.47 bits per heavy atom. The van der Waals surface area contributed by atoms with Crippen LogP contribution in [0.5, 0.6) is 0 Å². The molecule has 1 aromatic heterocycles. The van der Waals surface area contributed by atoms with Crippen molar-refractivity contribution in [1.29, 1.82) is 0 Å². The number of rotatable bonds is 3. The van der Waals surface area contributed by atoms with E-state index in [4.69, 9.17) is 0 Å². The largest absolute Gasteiger partial charge is 0.337 e. The van der Waals surface area contributed by atoms with E-state index in [1.807, 2.05) is 11.8 Å². The van der Waals surface area contributed by atoms with Crippen molar-refractivity contribution in [2.24, 2.45) is 5.92 Å². The van der Waals surface area contributed by atoms with Crippen LogP contribution in [-0.2, 0) is 22.6 Å². The Hall–Kier alpha value is -1.43. The summed E-state index contributed by atoms with van der Waals surface area (Å²) in [5.41, 5.74) is 1.04. The number of thiazole rings is 1. The molecule has 5 nitrogen and oxygen atoms in total. The van der Waals surface area contributed by atoms with E-state index in [9.17, 15) is 9.59 Å². The number of carbonyl (C=O) groups is 2. The van der Waals surface area contributed by atoms with E-state index in [1.54, 1.807) is 0 Å². The van der Waals surface area contributed by atoms with Gasteiger partial charge < -0.3 is 10.2 Å². The molecule has 1 N–H and O–H groups in total. The van der Waals surface area contributed by atoms with Crippen LogP contribution in [0.25, 0.3) is 0 Å². The molecule has 0 bridgehead atoms. The normalized spacial score (nSPS) is 18.1. The number of hydrogen-bond acceptors (Lipinski definition) is 4. The van der Waals surface area contributed by atoms with Crippen molar-refractivity contribution in [2.75, 3.05) is 11.9 Å². The highest BCUT2D eigenvalue weighted by molar-refractivity contribution is 7.15. The van der Waals surface area contributed by atoms with Crippen molar-refractivity contribution in [3.05, 3.63) is 10.6 Å². The molecule has 0 aromatic carbocycles. The summed E-state index contributed by atoms with van der Waals surface area (Å²) < 4.78 is 0. The molecule has 0 unspecified atom stereocenters. The minimum atomic E-state index is 0.0904. The van der Waals surface area contributed by atoms with E-state index in [2.05, 4.69) is 10.3 Å². The van der Waals surface area contributed by atoms with Gasteiger partial charge in [0.05, 0.1) is 12.2 Å². The highest BCUT2D eigenvalue weighted by Gasteiger charge is 2.31. The molecule has 3 rings (SSSR count). The molecule has 0 radical (unpaired) electrons. The van der Waals surface area contributed by atoms with E-state index in [-0.39, 0.29) is 17.7 Å². The van der Waals surface area contributed by atoms with E-state index < -0.39 is 0 Å². The Morgan fingerprint density at radius 2 is 2.26 bits per heavy atom. The fourth-order valence-corrected chi connectivity index (χ4v) is 3.27. The average Bonchev–Trinajstić information content (AvgIpc) is 3.18. The predicted octanol–water partition coefficient (Wildman–Crippen LogP) is 1.79. The lowest BCUT2D eigenvalue weighted by Crippen LogP contribution is -2.34. The molecule has 102 valence electrons. The first-order valence-corrected chi connectivity index (χ1v) is 7.56. The Bertz CT molecular complexity index is 522. The average molecular weight is 279 g/mol. The predicted molar refractivity (Wildman–Crippen MR) is 72.9 cm³/mol. The molecule has 1 aliphatic carbocycles. The minimum Gasteiger partial charge on any atom is -0.337 e. The first-order valence-electron chi connectivity index (χ1n) is 6.74. The number of nitrogens with zero attached hydrogens (tertiary/aromatic N) is 2. The van der Waals surface area contributed by atoms with Crippen LogP contribution in [0, 0.1) is 5.92 Å². The van der Waals surface area contributed by atoms with Crippen LogP contribution in [0.15, 0.2) is 0 Å². The van der Waals surface area contributed by atoms with Crippen LogP contribution in [0.2, 0.25) is 0 Å². The lowest BCUT2D eigenvalue weighted by Gasteiger charge is -2.25. The zero-order chi connectivity index (χ0) is 13.4. The summed E-state index contributed by atoms with van der Waals surface area (Å²) in [5.74, 6) is 0.467. The second-order valence-corrected chi connectivity index (χ2v) is 6.15. The van der Waals surface area contributed by atoms with Crippen molar-refractivity contribution in [3.8, 4) is 0 Å². The van der Waals surface area contributed by atoms with Gasteiger partial charge in [0, 0.05) is 30.2 Å². The van der Waals surface area contributed by atoms with Gasteiger partial charge in [-0.2, -0.15) is 0 Å². The van der Waals surface area contributed by atoms with E-state index in [0.29, 0.717) is 18.1 Å². The van der Waals surface area contributed by atoms with Gasteiger partial charge in [-0.1, -0.05) is 18.3 Å². The van der Waals surface area contributed by atoms with Crippen LogP contribution in [0.4, 0.5) is 5.13 Å². The summed E-state index contributed by atoms with van der Waals surface area (Å²) >= 11 is 1.50. The van der Waals surface area contributed by atoms with E-state index in [0.717, 1.165) is 36.4 Å². The molecule has 6 heteroatoms. The zero-order valence-corrected chi connectivity index (χ0v) is 11.8. The van der Waals surface area contributed by atoms with Gasteiger partial charge in [0.2, 0.25) is 11.8 Å². The van der Waals surface area contributed by atoms with Crippen LogP contribution in [0.1, 0.15) is 36.8 Å². The van der Waals surface area contributed by atoms with Crippen LogP contribution in [0.3, 0.4) is 0 Å². The number of aromatic nitrogens is 1. The van der Waals surface area contributed by atoms with E-state index in [1.165, 1.54) is 11.3 Å². The molecule has 0 saturated heterocycles. The van der Waals surface area contributed by atoms with Crippen LogP contribution in [-0.4, -0.2) is 28.2 Å². The third-order valence-electron chi connectivity index (χ3n) is 3.56. The van der Waals surface area contributed by atoms with Gasteiger partial charge in [-0.15, -0.1) is 0 Å². The summed E-state index contributed by atoms with van der Waals surface area (Å²) in [6, 6.07) is 0. The number of fused-ring (bicyclic) bond motifs is 1. The molecular formula is C13H17N3O2S. The van der Waals surface area contributed by atoms with Gasteiger partial charge >= 0.3 is 0 Å². The maximum Gasteiger partial charge on any atom is 0.229 e. The summed E-state index contributed by atoms with van der Waals surface area (Å²) in [7, 11) is 0. The fourth-order valence-electron chi connectivity index (χ4n) is 2.24. The molecule has 2 heterocycles.